The number of nitrogens with zero attached hydrogens (tertiary/aromatic N) is 7. The molecule has 1 saturated heterocycles. The number of hydrogen-bond donors (Lipinski definition) is 1. The molecule has 10 nitrogen and oxygen atoms in total. The van der Waals surface area contributed by atoms with Crippen LogP contribution in [0.5, 0.6) is 0 Å². The maximum Gasteiger partial charge on any atom is 0.341 e. The summed E-state index contributed by atoms with van der Waals surface area (Å²) in [5.74, 6) is -1.99. The second kappa shape index (κ2) is 8.24. The van der Waals surface area contributed by atoms with E-state index in [1.165, 1.54) is 35.7 Å². The second-order valence-corrected chi connectivity index (χ2v) is 7.68. The number of amidine groups is 1. The fourth-order valence-corrected chi connectivity index (χ4v) is 3.82. The van der Waals surface area contributed by atoms with Gasteiger partial charge in [-0.25, -0.2) is 23.8 Å². The summed E-state index contributed by atoms with van der Waals surface area (Å²) in [7, 11) is 0. The van der Waals surface area contributed by atoms with E-state index in [0.29, 0.717) is 18.2 Å². The van der Waals surface area contributed by atoms with Crippen LogP contribution in [0.25, 0.3) is 0 Å². The van der Waals surface area contributed by atoms with E-state index in [1.807, 2.05) is 4.90 Å². The summed E-state index contributed by atoms with van der Waals surface area (Å²) in [6.07, 6.45) is 5.51. The van der Waals surface area contributed by atoms with Crippen molar-refractivity contribution in [1.29, 1.82) is 0 Å². The van der Waals surface area contributed by atoms with Gasteiger partial charge in [0.25, 0.3) is 0 Å². The van der Waals surface area contributed by atoms with Crippen LogP contribution in [0.15, 0.2) is 52.6 Å². The summed E-state index contributed by atoms with van der Waals surface area (Å²) in [6, 6.07) is 0.190. The number of carboxylic acids is 1. The van der Waals surface area contributed by atoms with Gasteiger partial charge in [-0.15, -0.1) is 11.3 Å². The number of rotatable bonds is 6. The van der Waals surface area contributed by atoms with Gasteiger partial charge >= 0.3 is 5.97 Å². The standard InChI is InChI=1S/C18H18FN7O3S/c1-11(19)4-13-15(27)14(17(28)29)7-25(18-21-2-3-30-18)16(13)22-10-24-5-12(6-24)26-9-20-8-23-26/h2-4,7-9,11-12H,5-6,10H2,1H3,(H,28,29)/b13-4-,22-16+. The van der Waals surface area contributed by atoms with E-state index < -0.39 is 23.5 Å². The largest absolute Gasteiger partial charge is 0.477 e. The van der Waals surface area contributed by atoms with Crippen LogP contribution < -0.4 is 4.90 Å². The van der Waals surface area contributed by atoms with Crippen LogP contribution in [0.3, 0.4) is 0 Å². The van der Waals surface area contributed by atoms with Gasteiger partial charge in [-0.1, -0.05) is 0 Å². The molecule has 4 heterocycles. The molecular formula is C18H18FN7O3S. The monoisotopic (exact) mass is 431 g/mol. The lowest BCUT2D eigenvalue weighted by Gasteiger charge is -2.38. The number of alkyl halides is 1. The summed E-state index contributed by atoms with van der Waals surface area (Å²) < 4.78 is 15.6. The second-order valence-electron chi connectivity index (χ2n) is 6.81. The minimum Gasteiger partial charge on any atom is -0.477 e. The molecule has 1 N–H and O–H groups in total. The molecule has 0 aliphatic carbocycles. The molecule has 12 heteroatoms. The number of aromatic nitrogens is 4. The highest BCUT2D eigenvalue weighted by molar-refractivity contribution is 7.13. The molecule has 4 rings (SSSR count). The number of ketones is 1. The number of carbonyl (C=O) groups is 2. The van der Waals surface area contributed by atoms with Gasteiger partial charge in [0.1, 0.15) is 30.2 Å². The van der Waals surface area contributed by atoms with Crippen LogP contribution in [0, 0.1) is 0 Å². The predicted molar refractivity (Wildman–Crippen MR) is 107 cm³/mol. The Morgan fingerprint density at radius 1 is 1.50 bits per heavy atom. The number of thiazole rings is 1. The van der Waals surface area contributed by atoms with E-state index in [-0.39, 0.29) is 24.1 Å². The summed E-state index contributed by atoms with van der Waals surface area (Å²) in [6.45, 7) is 2.91. The Bertz CT molecular complexity index is 1020. The highest BCUT2D eigenvalue weighted by Gasteiger charge is 2.36. The zero-order valence-corrected chi connectivity index (χ0v) is 16.7. The molecule has 1 unspecified atom stereocenters. The third-order valence-electron chi connectivity index (χ3n) is 4.64. The van der Waals surface area contributed by atoms with E-state index in [9.17, 15) is 19.1 Å². The number of carbonyl (C=O) groups excluding carboxylic acids is 1. The van der Waals surface area contributed by atoms with Crippen molar-refractivity contribution in [3.63, 3.8) is 0 Å². The smallest absolute Gasteiger partial charge is 0.341 e. The number of allylic oxidation sites excluding steroid dienone is 1. The lowest BCUT2D eigenvalue weighted by Crippen LogP contribution is -2.48. The fraction of sp³-hybridized carbons (Fsp3) is 0.333. The minimum atomic E-state index is -1.46. The number of hydrogen-bond acceptors (Lipinski definition) is 8. The van der Waals surface area contributed by atoms with Crippen molar-refractivity contribution in [3.05, 3.63) is 47.7 Å². The van der Waals surface area contributed by atoms with Gasteiger partial charge in [-0.2, -0.15) is 5.10 Å². The Labute approximate surface area is 174 Å². The quantitative estimate of drug-likeness (QED) is 0.537. The average molecular weight is 431 g/mol. The zero-order valence-electron chi connectivity index (χ0n) is 15.9. The molecule has 0 aromatic carbocycles. The van der Waals surface area contributed by atoms with Gasteiger partial charge < -0.3 is 5.11 Å². The van der Waals surface area contributed by atoms with Crippen molar-refractivity contribution in [2.45, 2.75) is 19.1 Å². The van der Waals surface area contributed by atoms with Crippen LogP contribution in [0.2, 0.25) is 0 Å². The van der Waals surface area contributed by atoms with Gasteiger partial charge in [-0.05, 0) is 13.0 Å². The topological polar surface area (TPSA) is 117 Å². The number of likely N-dealkylation sites (tertiary alicyclic amines) is 1. The molecule has 0 amide bonds. The number of Topliss-reactive ketones (excluding diaryl/α,β-unsaturated/α-hetero) is 1. The molecule has 30 heavy (non-hydrogen) atoms. The Hall–Kier alpha value is -3.25. The average Bonchev–Trinajstić information content (AvgIpc) is 3.36. The van der Waals surface area contributed by atoms with E-state index in [2.05, 4.69) is 20.1 Å². The predicted octanol–water partition coefficient (Wildman–Crippen LogP) is 1.29. The van der Waals surface area contributed by atoms with Gasteiger partial charge in [-0.3, -0.25) is 19.6 Å². The van der Waals surface area contributed by atoms with E-state index in [4.69, 9.17) is 0 Å². The molecule has 0 bridgehead atoms. The molecule has 1 atom stereocenters. The Balaban J connectivity index is 1.63. The Kier molecular flexibility index (Phi) is 5.50. The van der Waals surface area contributed by atoms with Crippen LogP contribution in [0.4, 0.5) is 9.52 Å². The van der Waals surface area contributed by atoms with Crippen molar-refractivity contribution in [3.8, 4) is 0 Å². The zero-order chi connectivity index (χ0) is 21.3. The molecule has 0 saturated carbocycles. The van der Waals surface area contributed by atoms with Gasteiger partial charge in [0.2, 0.25) is 5.78 Å². The van der Waals surface area contributed by atoms with E-state index in [1.54, 1.807) is 22.6 Å². The molecule has 0 spiro atoms. The lowest BCUT2D eigenvalue weighted by molar-refractivity contribution is -0.134. The van der Waals surface area contributed by atoms with Crippen LogP contribution >= 0.6 is 11.3 Å². The SMILES string of the molecule is CC(F)/C=C1/C(=O)C(C(=O)O)=CN(c2nccs2)/C1=N/CN1CC(n2cncn2)C1. The van der Waals surface area contributed by atoms with Crippen molar-refractivity contribution in [2.75, 3.05) is 24.7 Å². The van der Waals surface area contributed by atoms with Crippen molar-refractivity contribution in [2.24, 2.45) is 4.99 Å². The fourth-order valence-electron chi connectivity index (χ4n) is 3.20. The van der Waals surface area contributed by atoms with Crippen LogP contribution in [-0.4, -0.2) is 73.3 Å². The van der Waals surface area contributed by atoms with E-state index in [0.717, 1.165) is 6.08 Å². The summed E-state index contributed by atoms with van der Waals surface area (Å²) in [5.41, 5.74) is -0.556. The number of aliphatic imine (C=N–C) groups is 1. The first-order chi connectivity index (χ1) is 14.4. The first-order valence-corrected chi connectivity index (χ1v) is 9.97. The van der Waals surface area contributed by atoms with Crippen molar-refractivity contribution >= 4 is 34.1 Å². The Morgan fingerprint density at radius 3 is 2.90 bits per heavy atom. The van der Waals surface area contributed by atoms with Crippen molar-refractivity contribution in [1.82, 2.24) is 24.6 Å². The number of anilines is 1. The molecule has 2 aliphatic heterocycles. The maximum absolute atomic E-state index is 13.8. The molecule has 2 aromatic heterocycles. The molecule has 156 valence electrons. The molecule has 1 fully saturated rings. The highest BCUT2D eigenvalue weighted by Crippen LogP contribution is 2.28. The first-order valence-electron chi connectivity index (χ1n) is 9.09. The highest BCUT2D eigenvalue weighted by atomic mass is 32.1. The normalized spacial score (nSPS) is 21.7. The molecule has 2 aromatic rings. The van der Waals surface area contributed by atoms with Crippen molar-refractivity contribution < 1.29 is 19.1 Å². The Morgan fingerprint density at radius 2 is 2.30 bits per heavy atom. The summed E-state index contributed by atoms with van der Waals surface area (Å²) in [4.78, 5) is 40.4. The number of halogens is 1. The summed E-state index contributed by atoms with van der Waals surface area (Å²) in [5, 5.41) is 15.7. The third kappa shape index (κ3) is 3.91. The number of aliphatic carboxylic acids is 1. The molecular weight excluding hydrogens is 413 g/mol. The first kappa shape index (κ1) is 20.0. The third-order valence-corrected chi connectivity index (χ3v) is 5.41. The van der Waals surface area contributed by atoms with Gasteiger partial charge in [0, 0.05) is 30.9 Å². The van der Waals surface area contributed by atoms with Crippen LogP contribution in [0.1, 0.15) is 13.0 Å². The van der Waals surface area contributed by atoms with Gasteiger partial charge in [0.15, 0.2) is 5.13 Å². The summed E-state index contributed by atoms with van der Waals surface area (Å²) >= 11 is 1.25. The number of carboxylic acid groups (broad SMARTS) is 1. The van der Waals surface area contributed by atoms with E-state index >= 15 is 0 Å². The van der Waals surface area contributed by atoms with Crippen LogP contribution in [-0.2, 0) is 9.59 Å². The molecule has 2 aliphatic rings. The maximum atomic E-state index is 13.8. The molecule has 0 radical (unpaired) electrons. The van der Waals surface area contributed by atoms with Gasteiger partial charge in [0.05, 0.1) is 18.3 Å². The lowest BCUT2D eigenvalue weighted by atomic mass is 9.97. The minimum absolute atomic E-state index is 0.0894.